The van der Waals surface area contributed by atoms with Crippen molar-refractivity contribution in [2.45, 2.75) is 12.6 Å². The molecule has 2 aromatic rings. The first kappa shape index (κ1) is 27.5. The van der Waals surface area contributed by atoms with Gasteiger partial charge in [-0.1, -0.05) is 18.2 Å². The summed E-state index contributed by atoms with van der Waals surface area (Å²) in [6.07, 6.45) is -3.71. The Bertz CT molecular complexity index is 905. The lowest BCUT2D eigenvalue weighted by atomic mass is 10.1. The first-order chi connectivity index (χ1) is 14.7. The van der Waals surface area contributed by atoms with Crippen LogP contribution >= 0.6 is 24.0 Å². The lowest BCUT2D eigenvalue weighted by Gasteiger charge is -2.14. The van der Waals surface area contributed by atoms with E-state index in [4.69, 9.17) is 4.74 Å². The molecular weight excluding hydrogens is 536 g/mol. The highest BCUT2D eigenvalue weighted by molar-refractivity contribution is 14.0. The molecule has 0 saturated carbocycles. The van der Waals surface area contributed by atoms with Crippen LogP contribution in [-0.2, 0) is 12.6 Å². The summed E-state index contributed by atoms with van der Waals surface area (Å²) in [5.74, 6) is 0.660. The SMILES string of the molecule is CN=C(NCCOc1cccc(C(F)(F)F)c1)NCCc1cccc(C(=O)N(C)C)c1.I. The van der Waals surface area contributed by atoms with E-state index in [1.54, 1.807) is 27.2 Å². The summed E-state index contributed by atoms with van der Waals surface area (Å²) in [4.78, 5) is 17.7. The zero-order valence-electron chi connectivity index (χ0n) is 18.2. The molecule has 0 unspecified atom stereocenters. The number of hydrogen-bond donors (Lipinski definition) is 2. The highest BCUT2D eigenvalue weighted by atomic mass is 127. The van der Waals surface area contributed by atoms with Crippen LogP contribution in [0, 0.1) is 0 Å². The van der Waals surface area contributed by atoms with Gasteiger partial charge in [-0.3, -0.25) is 9.79 Å². The van der Waals surface area contributed by atoms with E-state index in [1.807, 2.05) is 18.2 Å². The van der Waals surface area contributed by atoms with Crippen molar-refractivity contribution in [1.29, 1.82) is 0 Å². The van der Waals surface area contributed by atoms with Crippen LogP contribution in [0.1, 0.15) is 21.5 Å². The Balaban J connectivity index is 0.00000512. The highest BCUT2D eigenvalue weighted by Gasteiger charge is 2.30. The van der Waals surface area contributed by atoms with Gasteiger partial charge in [-0.05, 0) is 42.3 Å². The molecule has 176 valence electrons. The summed E-state index contributed by atoms with van der Waals surface area (Å²) in [5, 5.41) is 6.20. The average molecular weight is 564 g/mol. The van der Waals surface area contributed by atoms with Gasteiger partial charge >= 0.3 is 6.18 Å². The second kappa shape index (κ2) is 13.1. The van der Waals surface area contributed by atoms with Gasteiger partial charge in [0.25, 0.3) is 5.91 Å². The van der Waals surface area contributed by atoms with Crippen LogP contribution in [0.4, 0.5) is 13.2 Å². The molecule has 0 atom stereocenters. The van der Waals surface area contributed by atoms with Crippen LogP contribution in [0.15, 0.2) is 53.5 Å². The van der Waals surface area contributed by atoms with Crippen molar-refractivity contribution in [3.63, 3.8) is 0 Å². The van der Waals surface area contributed by atoms with Gasteiger partial charge in [0.05, 0.1) is 12.1 Å². The van der Waals surface area contributed by atoms with Gasteiger partial charge in [-0.25, -0.2) is 0 Å². The minimum absolute atomic E-state index is 0. The third kappa shape index (κ3) is 8.93. The topological polar surface area (TPSA) is 66.0 Å². The summed E-state index contributed by atoms with van der Waals surface area (Å²) in [7, 11) is 5.05. The van der Waals surface area contributed by atoms with Gasteiger partial charge < -0.3 is 20.3 Å². The molecule has 2 rings (SSSR count). The van der Waals surface area contributed by atoms with E-state index in [-0.39, 0.29) is 42.2 Å². The van der Waals surface area contributed by atoms with Gasteiger partial charge in [0, 0.05) is 33.3 Å². The summed E-state index contributed by atoms with van der Waals surface area (Å²) >= 11 is 0. The minimum atomic E-state index is -4.40. The van der Waals surface area contributed by atoms with Crippen molar-refractivity contribution in [3.05, 3.63) is 65.2 Å². The molecule has 0 fully saturated rings. The molecule has 0 radical (unpaired) electrons. The third-order valence-electron chi connectivity index (χ3n) is 4.33. The molecule has 32 heavy (non-hydrogen) atoms. The molecule has 6 nitrogen and oxygen atoms in total. The first-order valence-corrected chi connectivity index (χ1v) is 9.76. The van der Waals surface area contributed by atoms with Gasteiger partial charge in [0.15, 0.2) is 5.96 Å². The number of guanidine groups is 1. The number of rotatable bonds is 8. The molecule has 0 saturated heterocycles. The number of hydrogen-bond acceptors (Lipinski definition) is 3. The Morgan fingerprint density at radius 1 is 1.06 bits per heavy atom. The number of carbonyl (C=O) groups excluding carboxylic acids is 1. The van der Waals surface area contributed by atoms with Gasteiger partial charge in [0.1, 0.15) is 12.4 Å². The van der Waals surface area contributed by atoms with Crippen molar-refractivity contribution in [3.8, 4) is 5.75 Å². The van der Waals surface area contributed by atoms with Crippen molar-refractivity contribution in [2.24, 2.45) is 4.99 Å². The molecule has 10 heteroatoms. The minimum Gasteiger partial charge on any atom is -0.492 e. The van der Waals surface area contributed by atoms with Crippen molar-refractivity contribution in [1.82, 2.24) is 15.5 Å². The maximum Gasteiger partial charge on any atom is 0.416 e. The van der Waals surface area contributed by atoms with Crippen LogP contribution in [0.3, 0.4) is 0 Å². The van der Waals surface area contributed by atoms with E-state index in [2.05, 4.69) is 15.6 Å². The maximum atomic E-state index is 12.7. The summed E-state index contributed by atoms with van der Waals surface area (Å²) in [5.41, 5.74) is 0.909. The predicted octanol–water partition coefficient (Wildman–Crippen LogP) is 3.81. The fourth-order valence-corrected chi connectivity index (χ4v) is 2.76. The molecule has 0 aliphatic rings. The van der Waals surface area contributed by atoms with Crippen LogP contribution in [0.2, 0.25) is 0 Å². The Labute approximate surface area is 203 Å². The van der Waals surface area contributed by atoms with E-state index >= 15 is 0 Å². The molecule has 0 spiro atoms. The quantitative estimate of drug-likeness (QED) is 0.222. The normalized spacial score (nSPS) is 11.4. The van der Waals surface area contributed by atoms with Gasteiger partial charge in [-0.2, -0.15) is 13.2 Å². The van der Waals surface area contributed by atoms with E-state index in [0.717, 1.165) is 17.7 Å². The number of halogens is 4. The van der Waals surface area contributed by atoms with E-state index < -0.39 is 11.7 Å². The van der Waals surface area contributed by atoms with Crippen molar-refractivity contribution >= 4 is 35.8 Å². The number of amides is 1. The monoisotopic (exact) mass is 564 g/mol. The lowest BCUT2D eigenvalue weighted by molar-refractivity contribution is -0.137. The Hall–Kier alpha value is -2.50. The molecule has 0 aromatic heterocycles. The number of nitrogens with one attached hydrogen (secondary N) is 2. The summed E-state index contributed by atoms with van der Waals surface area (Å²) < 4.78 is 43.6. The number of carbonyl (C=O) groups is 1. The van der Waals surface area contributed by atoms with Crippen molar-refractivity contribution in [2.75, 3.05) is 40.8 Å². The maximum absolute atomic E-state index is 12.7. The molecule has 0 aliphatic heterocycles. The van der Waals surface area contributed by atoms with Gasteiger partial charge in [-0.15, -0.1) is 24.0 Å². The second-order valence-electron chi connectivity index (χ2n) is 6.95. The number of alkyl halides is 3. The predicted molar refractivity (Wildman–Crippen MR) is 130 cm³/mol. The number of benzene rings is 2. The Kier molecular flexibility index (Phi) is 11.3. The van der Waals surface area contributed by atoms with Gasteiger partial charge in [0.2, 0.25) is 0 Å². The number of aliphatic imine (C=N–C) groups is 1. The number of ether oxygens (including phenoxy) is 1. The third-order valence-corrected chi connectivity index (χ3v) is 4.33. The molecule has 2 N–H and O–H groups in total. The fraction of sp³-hybridized carbons (Fsp3) is 0.364. The van der Waals surface area contributed by atoms with Crippen LogP contribution in [0.25, 0.3) is 0 Å². The zero-order valence-corrected chi connectivity index (χ0v) is 20.5. The average Bonchev–Trinajstić information content (AvgIpc) is 2.74. The summed E-state index contributed by atoms with van der Waals surface area (Å²) in [6, 6.07) is 12.2. The zero-order chi connectivity index (χ0) is 22.9. The van der Waals surface area contributed by atoms with E-state index in [9.17, 15) is 18.0 Å². The van der Waals surface area contributed by atoms with Crippen LogP contribution < -0.4 is 15.4 Å². The highest BCUT2D eigenvalue weighted by Crippen LogP contribution is 2.31. The smallest absolute Gasteiger partial charge is 0.416 e. The van der Waals surface area contributed by atoms with Crippen LogP contribution in [0.5, 0.6) is 5.75 Å². The fourth-order valence-electron chi connectivity index (χ4n) is 2.76. The Morgan fingerprint density at radius 3 is 2.41 bits per heavy atom. The largest absolute Gasteiger partial charge is 0.492 e. The molecule has 0 aliphatic carbocycles. The molecular formula is C22H28F3IN4O2. The molecule has 0 heterocycles. The van der Waals surface area contributed by atoms with E-state index in [0.29, 0.717) is 31.0 Å². The Morgan fingerprint density at radius 2 is 1.75 bits per heavy atom. The number of nitrogens with zero attached hydrogens (tertiary/aromatic N) is 2. The molecule has 0 bridgehead atoms. The van der Waals surface area contributed by atoms with Crippen LogP contribution in [-0.4, -0.2) is 57.6 Å². The second-order valence-corrected chi connectivity index (χ2v) is 6.95. The first-order valence-electron chi connectivity index (χ1n) is 9.76. The lowest BCUT2D eigenvalue weighted by Crippen LogP contribution is -2.40. The molecule has 1 amide bonds. The standard InChI is InChI=1S/C22H27F3N4O2.HI/c1-26-21(27-11-10-16-6-4-7-17(14-16)20(30)29(2)3)28-12-13-31-19-9-5-8-18(15-19)22(23,24)25;/h4-9,14-15H,10-13H2,1-3H3,(H2,26,27,28);1H. The summed E-state index contributed by atoms with van der Waals surface area (Å²) in [6.45, 7) is 1.13. The van der Waals surface area contributed by atoms with E-state index in [1.165, 1.54) is 17.0 Å². The van der Waals surface area contributed by atoms with Crippen molar-refractivity contribution < 1.29 is 22.7 Å². The molecule has 2 aromatic carbocycles.